The van der Waals surface area contributed by atoms with E-state index in [1.807, 2.05) is 11.8 Å². The predicted octanol–water partition coefficient (Wildman–Crippen LogP) is 7.00. The average Bonchev–Trinajstić information content (AvgIpc) is 4.01. The van der Waals surface area contributed by atoms with Crippen LogP contribution in [0.5, 0.6) is 11.5 Å². The number of carbonyl (C=O) groups is 3. The molecule has 0 bridgehead atoms. The molecule has 330 valence electrons. The first-order chi connectivity index (χ1) is 30.3. The quantitative estimate of drug-likeness (QED) is 0.0813. The van der Waals surface area contributed by atoms with E-state index in [9.17, 15) is 24.0 Å². The molecule has 4 heterocycles. The number of anilines is 1. The highest BCUT2D eigenvalue weighted by Crippen LogP contribution is 2.44. The summed E-state index contributed by atoms with van der Waals surface area (Å²) in [6.07, 6.45) is 3.04. The first kappa shape index (κ1) is 43.3. The topological polar surface area (TPSA) is 165 Å². The Kier molecular flexibility index (Phi) is 12.2. The van der Waals surface area contributed by atoms with Gasteiger partial charge in [-0.2, -0.15) is 0 Å². The summed E-state index contributed by atoms with van der Waals surface area (Å²) in [5.74, 6) is -1.56. The zero-order chi connectivity index (χ0) is 44.7. The van der Waals surface area contributed by atoms with Gasteiger partial charge in [-0.25, -0.2) is 14.0 Å². The molecule has 2 aliphatic rings. The summed E-state index contributed by atoms with van der Waals surface area (Å²) in [7, 11) is 2.96. The Balaban J connectivity index is 0.936. The SMILES string of the molecule is COc1ccc2c(c1)c(CC(=O)OCCCOC(=O)c1cn(C3CC3)c3c(OC)c(N4CCN(Cc5oc(=O)oc5C)C(C)C4)c(F)cc3c1=O)c(C)n2C(=O)c1ccc(Cl)cc1. The van der Waals surface area contributed by atoms with E-state index in [0.29, 0.717) is 81.7 Å². The second kappa shape index (κ2) is 17.8. The lowest BCUT2D eigenvalue weighted by molar-refractivity contribution is -0.143. The van der Waals surface area contributed by atoms with E-state index in [4.69, 9.17) is 39.4 Å². The summed E-state index contributed by atoms with van der Waals surface area (Å²) in [6, 6.07) is 12.9. The molecule has 1 aliphatic heterocycles. The molecule has 63 heavy (non-hydrogen) atoms. The Morgan fingerprint density at radius 2 is 1.67 bits per heavy atom. The molecule has 15 nitrogen and oxygen atoms in total. The zero-order valence-corrected chi connectivity index (χ0v) is 36.2. The molecule has 1 saturated heterocycles. The lowest BCUT2D eigenvalue weighted by atomic mass is 10.1. The van der Waals surface area contributed by atoms with Gasteiger partial charge >= 0.3 is 17.8 Å². The van der Waals surface area contributed by atoms with Crippen molar-refractivity contribution in [1.29, 1.82) is 0 Å². The predicted molar refractivity (Wildman–Crippen MR) is 231 cm³/mol. The monoisotopic (exact) mass is 884 g/mol. The minimum Gasteiger partial charge on any atom is -0.497 e. The van der Waals surface area contributed by atoms with Crippen LogP contribution in [0.4, 0.5) is 10.1 Å². The third-order valence-corrected chi connectivity index (χ3v) is 12.0. The number of hydrogen-bond donors (Lipinski definition) is 0. The number of rotatable bonds is 14. The van der Waals surface area contributed by atoms with Crippen LogP contribution in [0.25, 0.3) is 21.8 Å². The minimum atomic E-state index is -0.887. The molecule has 1 saturated carbocycles. The lowest BCUT2D eigenvalue weighted by Crippen LogP contribution is -2.51. The highest BCUT2D eigenvalue weighted by molar-refractivity contribution is 6.30. The molecule has 0 N–H and O–H groups in total. The van der Waals surface area contributed by atoms with Crippen LogP contribution in [0.2, 0.25) is 5.02 Å². The van der Waals surface area contributed by atoms with Crippen molar-refractivity contribution in [3.05, 3.63) is 120 Å². The summed E-state index contributed by atoms with van der Waals surface area (Å²) < 4.78 is 52.1. The van der Waals surface area contributed by atoms with E-state index in [2.05, 4.69) is 4.90 Å². The van der Waals surface area contributed by atoms with Crippen molar-refractivity contribution in [3.8, 4) is 11.5 Å². The Bertz CT molecular complexity index is 2880. The number of fused-ring (bicyclic) bond motifs is 2. The molecule has 0 radical (unpaired) electrons. The van der Waals surface area contributed by atoms with Gasteiger partial charge in [0.05, 0.1) is 56.8 Å². The third kappa shape index (κ3) is 8.56. The van der Waals surface area contributed by atoms with Crippen molar-refractivity contribution >= 4 is 56.9 Å². The molecule has 6 aromatic rings. The van der Waals surface area contributed by atoms with Crippen molar-refractivity contribution in [3.63, 3.8) is 0 Å². The maximum atomic E-state index is 16.3. The molecule has 1 unspecified atom stereocenters. The van der Waals surface area contributed by atoms with E-state index in [0.717, 1.165) is 18.9 Å². The van der Waals surface area contributed by atoms with E-state index in [1.54, 1.807) is 65.4 Å². The van der Waals surface area contributed by atoms with Crippen LogP contribution >= 0.6 is 11.6 Å². The number of benzene rings is 3. The van der Waals surface area contributed by atoms with E-state index >= 15 is 4.39 Å². The Morgan fingerprint density at radius 3 is 2.33 bits per heavy atom. The van der Waals surface area contributed by atoms with Crippen LogP contribution in [0.1, 0.15) is 75.7 Å². The van der Waals surface area contributed by atoms with Gasteiger partial charge in [0.25, 0.3) is 5.91 Å². The summed E-state index contributed by atoms with van der Waals surface area (Å²) in [5.41, 5.74) is 1.83. The van der Waals surface area contributed by atoms with Crippen LogP contribution in [-0.2, 0) is 27.2 Å². The van der Waals surface area contributed by atoms with Crippen molar-refractivity contribution in [2.45, 2.75) is 65.1 Å². The molecule has 0 amide bonds. The van der Waals surface area contributed by atoms with Crippen molar-refractivity contribution in [2.75, 3.05) is 52.0 Å². The van der Waals surface area contributed by atoms with Crippen LogP contribution in [0, 0.1) is 19.7 Å². The Hall–Kier alpha value is -6.39. The number of methoxy groups -OCH3 is 2. The van der Waals surface area contributed by atoms with E-state index in [1.165, 1.54) is 20.4 Å². The summed E-state index contributed by atoms with van der Waals surface area (Å²) in [4.78, 5) is 69.8. The van der Waals surface area contributed by atoms with Gasteiger partial charge in [0.15, 0.2) is 17.3 Å². The zero-order valence-electron chi connectivity index (χ0n) is 35.5. The van der Waals surface area contributed by atoms with Crippen LogP contribution in [-0.4, -0.2) is 85.0 Å². The number of pyridine rings is 1. The third-order valence-electron chi connectivity index (χ3n) is 11.8. The van der Waals surface area contributed by atoms with Crippen LogP contribution < -0.4 is 25.6 Å². The number of carbonyl (C=O) groups excluding carboxylic acids is 3. The van der Waals surface area contributed by atoms with Crippen molar-refractivity contribution < 1.29 is 46.6 Å². The van der Waals surface area contributed by atoms with Crippen LogP contribution in [0.15, 0.2) is 73.2 Å². The minimum absolute atomic E-state index is 0.00957. The van der Waals surface area contributed by atoms with E-state index in [-0.39, 0.29) is 66.4 Å². The molecule has 17 heteroatoms. The summed E-state index contributed by atoms with van der Waals surface area (Å²) in [6.45, 7) is 6.88. The molecule has 2 fully saturated rings. The van der Waals surface area contributed by atoms with Gasteiger partial charge in [0.2, 0.25) is 5.43 Å². The molecular weight excluding hydrogens is 839 g/mol. The molecule has 0 spiro atoms. The lowest BCUT2D eigenvalue weighted by Gasteiger charge is -2.41. The van der Waals surface area contributed by atoms with Gasteiger partial charge in [-0.3, -0.25) is 23.9 Å². The molecule has 1 atom stereocenters. The maximum Gasteiger partial charge on any atom is 0.519 e. The first-order valence-electron chi connectivity index (χ1n) is 20.6. The molecule has 8 rings (SSSR count). The highest BCUT2D eigenvalue weighted by Gasteiger charge is 2.34. The van der Waals surface area contributed by atoms with Crippen LogP contribution in [0.3, 0.4) is 0 Å². The standard InChI is InChI=1S/C46H46ClFN4O11/c1-25-22-50(16-15-49(25)24-38-27(3)62-46(57)63-38)41-36(48)20-34-40(43(41)59-5)51(30-11-12-30)23-35(42(34)54)45(56)61-18-6-17-60-39(53)21-32-26(2)52(37-14-13-31(58-4)19-33(32)37)44(55)28-7-9-29(47)10-8-28/h7-10,13-14,19-20,23,25,30H,6,11-12,15-18,21-22,24H2,1-5H3. The fourth-order valence-corrected chi connectivity index (χ4v) is 8.46. The maximum absolute atomic E-state index is 16.3. The highest BCUT2D eigenvalue weighted by atomic mass is 35.5. The Morgan fingerprint density at radius 1 is 0.921 bits per heavy atom. The average molecular weight is 885 g/mol. The number of aryl methyl sites for hydroxylation is 1. The van der Waals surface area contributed by atoms with Gasteiger partial charge in [0, 0.05) is 66.0 Å². The number of aromatic nitrogens is 2. The van der Waals surface area contributed by atoms with Gasteiger partial charge in [-0.05, 0) is 87.7 Å². The number of hydrogen-bond acceptors (Lipinski definition) is 13. The molecule has 3 aromatic heterocycles. The first-order valence-corrected chi connectivity index (χ1v) is 21.0. The number of ether oxygens (including phenoxy) is 4. The second-order valence-corrected chi connectivity index (χ2v) is 16.3. The van der Waals surface area contributed by atoms with Crippen molar-refractivity contribution in [1.82, 2.24) is 14.0 Å². The van der Waals surface area contributed by atoms with Crippen molar-refractivity contribution in [2.24, 2.45) is 0 Å². The normalized spacial score (nSPS) is 15.5. The molecule has 3 aromatic carbocycles. The fraction of sp³-hybridized carbons (Fsp3) is 0.370. The number of piperazine rings is 1. The molecule has 1 aliphatic carbocycles. The van der Waals surface area contributed by atoms with Gasteiger partial charge in [0.1, 0.15) is 22.8 Å². The Labute approximate surface area is 365 Å². The van der Waals surface area contributed by atoms with Gasteiger partial charge in [-0.15, -0.1) is 0 Å². The van der Waals surface area contributed by atoms with Gasteiger partial charge < -0.3 is 37.2 Å². The largest absolute Gasteiger partial charge is 0.519 e. The number of halogens is 2. The van der Waals surface area contributed by atoms with E-state index < -0.39 is 29.0 Å². The fourth-order valence-electron chi connectivity index (χ4n) is 8.33. The number of nitrogens with zero attached hydrogens (tertiary/aromatic N) is 4. The molecular formula is C46H46ClFN4O11. The number of esters is 2. The second-order valence-electron chi connectivity index (χ2n) is 15.8. The summed E-state index contributed by atoms with van der Waals surface area (Å²) in [5, 5.41) is 1.14. The van der Waals surface area contributed by atoms with Gasteiger partial charge in [-0.1, -0.05) is 11.6 Å². The summed E-state index contributed by atoms with van der Waals surface area (Å²) >= 11 is 6.05. The smallest absolute Gasteiger partial charge is 0.497 e.